The summed E-state index contributed by atoms with van der Waals surface area (Å²) in [6.45, 7) is 7.31. The molecule has 2 atom stereocenters. The molecule has 0 N–H and O–H groups in total. The lowest BCUT2D eigenvalue weighted by Crippen LogP contribution is -2.36. The number of benzene rings is 1. The van der Waals surface area contributed by atoms with Gasteiger partial charge < -0.3 is 9.32 Å². The molecule has 1 aliphatic rings. The highest BCUT2D eigenvalue weighted by Crippen LogP contribution is 2.28. The minimum atomic E-state index is 0.158. The van der Waals surface area contributed by atoms with Gasteiger partial charge in [0.2, 0.25) is 0 Å². The molecule has 3 nitrogen and oxygen atoms in total. The lowest BCUT2D eigenvalue weighted by atomic mass is 9.97. The molecule has 0 aliphatic carbocycles. The first kappa shape index (κ1) is 16.8. The highest BCUT2D eigenvalue weighted by Gasteiger charge is 2.30. The number of likely N-dealkylation sites (tertiary alicyclic amines) is 1. The number of hydrogen-bond donors (Lipinski definition) is 0. The van der Waals surface area contributed by atoms with Gasteiger partial charge in [-0.2, -0.15) is 0 Å². The number of furan rings is 1. The molecular weight excluding hydrogens is 298 g/mol. The van der Waals surface area contributed by atoms with E-state index in [2.05, 4.69) is 18.7 Å². The summed E-state index contributed by atoms with van der Waals surface area (Å²) in [5.41, 5.74) is 1.73. The Morgan fingerprint density at radius 3 is 2.88 bits per heavy atom. The van der Waals surface area contributed by atoms with Crippen molar-refractivity contribution in [1.82, 2.24) is 4.90 Å². The molecule has 3 heteroatoms. The molecule has 0 bridgehead atoms. The van der Waals surface area contributed by atoms with E-state index in [-0.39, 0.29) is 5.91 Å². The Balaban J connectivity index is 1.79. The summed E-state index contributed by atoms with van der Waals surface area (Å²) in [5, 5.41) is 0. The summed E-state index contributed by atoms with van der Waals surface area (Å²) in [4.78, 5) is 15.1. The van der Waals surface area contributed by atoms with Gasteiger partial charge in [-0.15, -0.1) is 0 Å². The van der Waals surface area contributed by atoms with E-state index in [1.165, 1.54) is 6.42 Å². The fourth-order valence-electron chi connectivity index (χ4n) is 3.54. The minimum absolute atomic E-state index is 0.158. The molecule has 1 unspecified atom stereocenters. The van der Waals surface area contributed by atoms with E-state index in [1.807, 2.05) is 43.3 Å². The fraction of sp³-hybridized carbons (Fsp3) is 0.476. The number of nitrogens with zero attached hydrogens (tertiary/aromatic N) is 1. The van der Waals surface area contributed by atoms with Gasteiger partial charge in [0.25, 0.3) is 5.91 Å². The van der Waals surface area contributed by atoms with Crippen molar-refractivity contribution in [2.24, 2.45) is 5.92 Å². The van der Waals surface area contributed by atoms with Crippen molar-refractivity contribution in [3.8, 4) is 11.3 Å². The van der Waals surface area contributed by atoms with E-state index in [4.69, 9.17) is 4.42 Å². The highest BCUT2D eigenvalue weighted by molar-refractivity contribution is 5.95. The van der Waals surface area contributed by atoms with E-state index in [9.17, 15) is 4.79 Å². The highest BCUT2D eigenvalue weighted by atomic mass is 16.3. The van der Waals surface area contributed by atoms with Gasteiger partial charge in [0.15, 0.2) is 0 Å². The molecule has 1 amide bonds. The van der Waals surface area contributed by atoms with Crippen LogP contribution in [0.5, 0.6) is 0 Å². The normalized spacial score (nSPS) is 18.8. The zero-order valence-corrected chi connectivity index (χ0v) is 14.9. The first-order valence-corrected chi connectivity index (χ1v) is 9.06. The Morgan fingerprint density at radius 2 is 2.17 bits per heavy atom. The minimum Gasteiger partial charge on any atom is -0.461 e. The van der Waals surface area contributed by atoms with Crippen molar-refractivity contribution in [2.75, 3.05) is 6.54 Å². The first-order chi connectivity index (χ1) is 11.6. The molecule has 128 valence electrons. The van der Waals surface area contributed by atoms with Gasteiger partial charge in [-0.1, -0.05) is 32.4 Å². The standard InChI is InChI=1S/C21H27NO2/c1-4-15(2)13-19-9-6-12-22(19)21(23)18-8-5-7-17(14-18)20-11-10-16(3)24-20/h5,7-8,10-11,14-15,19H,4,6,9,12-13H2,1-3H3/t15?,19-/m0/s1. The van der Waals surface area contributed by atoms with Crippen LogP contribution in [0.25, 0.3) is 11.3 Å². The summed E-state index contributed by atoms with van der Waals surface area (Å²) < 4.78 is 5.69. The molecule has 24 heavy (non-hydrogen) atoms. The number of aryl methyl sites for hydroxylation is 1. The Bertz CT molecular complexity index is 703. The van der Waals surface area contributed by atoms with Crippen LogP contribution < -0.4 is 0 Å². The lowest BCUT2D eigenvalue weighted by molar-refractivity contribution is 0.0719. The summed E-state index contributed by atoms with van der Waals surface area (Å²) in [7, 11) is 0. The maximum absolute atomic E-state index is 13.0. The van der Waals surface area contributed by atoms with E-state index in [0.717, 1.165) is 48.5 Å². The van der Waals surface area contributed by atoms with Gasteiger partial charge >= 0.3 is 0 Å². The number of carbonyl (C=O) groups is 1. The van der Waals surface area contributed by atoms with E-state index in [0.29, 0.717) is 12.0 Å². The Kier molecular flexibility index (Phi) is 5.08. The van der Waals surface area contributed by atoms with Gasteiger partial charge in [0, 0.05) is 23.7 Å². The maximum atomic E-state index is 13.0. The first-order valence-electron chi connectivity index (χ1n) is 9.06. The molecular formula is C21H27NO2. The SMILES string of the molecule is CCC(C)C[C@@H]1CCCN1C(=O)c1cccc(-c2ccc(C)o2)c1. The quantitative estimate of drug-likeness (QED) is 0.748. The summed E-state index contributed by atoms with van der Waals surface area (Å²) in [6.07, 6.45) is 4.53. The fourth-order valence-corrected chi connectivity index (χ4v) is 3.54. The van der Waals surface area contributed by atoms with Crippen LogP contribution in [-0.4, -0.2) is 23.4 Å². The van der Waals surface area contributed by atoms with Crippen LogP contribution in [0.3, 0.4) is 0 Å². The second-order valence-corrected chi connectivity index (χ2v) is 7.03. The third-order valence-corrected chi connectivity index (χ3v) is 5.14. The Morgan fingerprint density at radius 1 is 1.33 bits per heavy atom. The average Bonchev–Trinajstić information content (AvgIpc) is 3.23. The zero-order chi connectivity index (χ0) is 17.1. The third kappa shape index (κ3) is 3.55. The van der Waals surface area contributed by atoms with Crippen molar-refractivity contribution in [2.45, 2.75) is 52.5 Å². The largest absolute Gasteiger partial charge is 0.461 e. The van der Waals surface area contributed by atoms with Crippen molar-refractivity contribution in [1.29, 1.82) is 0 Å². The van der Waals surface area contributed by atoms with Crippen molar-refractivity contribution in [3.63, 3.8) is 0 Å². The Hall–Kier alpha value is -2.03. The van der Waals surface area contributed by atoms with E-state index < -0.39 is 0 Å². The summed E-state index contributed by atoms with van der Waals surface area (Å²) in [5.74, 6) is 2.53. The van der Waals surface area contributed by atoms with Crippen LogP contribution >= 0.6 is 0 Å². The van der Waals surface area contributed by atoms with Gasteiger partial charge in [0.1, 0.15) is 11.5 Å². The van der Waals surface area contributed by atoms with Crippen molar-refractivity contribution < 1.29 is 9.21 Å². The van der Waals surface area contributed by atoms with Crippen LogP contribution in [0.4, 0.5) is 0 Å². The summed E-state index contributed by atoms with van der Waals surface area (Å²) in [6, 6.07) is 12.1. The maximum Gasteiger partial charge on any atom is 0.254 e. The molecule has 0 spiro atoms. The number of rotatable bonds is 5. The molecule has 1 aliphatic heterocycles. The number of hydrogen-bond acceptors (Lipinski definition) is 2. The molecule has 0 radical (unpaired) electrons. The molecule has 1 aromatic carbocycles. The van der Waals surface area contributed by atoms with Crippen LogP contribution in [-0.2, 0) is 0 Å². The van der Waals surface area contributed by atoms with Crippen molar-refractivity contribution >= 4 is 5.91 Å². The zero-order valence-electron chi connectivity index (χ0n) is 14.9. The predicted octanol–water partition coefficient (Wildman–Crippen LogP) is 5.30. The van der Waals surface area contributed by atoms with Gasteiger partial charge in [-0.25, -0.2) is 0 Å². The number of carbonyl (C=O) groups excluding carboxylic acids is 1. The van der Waals surface area contributed by atoms with Crippen LogP contribution in [0.15, 0.2) is 40.8 Å². The van der Waals surface area contributed by atoms with Crippen LogP contribution in [0.2, 0.25) is 0 Å². The molecule has 1 saturated heterocycles. The second kappa shape index (κ2) is 7.25. The van der Waals surface area contributed by atoms with Crippen LogP contribution in [0.1, 0.15) is 55.6 Å². The predicted molar refractivity (Wildman–Crippen MR) is 97.0 cm³/mol. The smallest absolute Gasteiger partial charge is 0.254 e. The Labute approximate surface area is 144 Å². The van der Waals surface area contributed by atoms with Crippen LogP contribution in [0, 0.1) is 12.8 Å². The average molecular weight is 325 g/mol. The van der Waals surface area contributed by atoms with Crippen molar-refractivity contribution in [3.05, 3.63) is 47.7 Å². The molecule has 1 aromatic heterocycles. The topological polar surface area (TPSA) is 33.5 Å². The number of amides is 1. The lowest BCUT2D eigenvalue weighted by Gasteiger charge is -2.27. The molecule has 3 rings (SSSR count). The monoisotopic (exact) mass is 325 g/mol. The summed E-state index contributed by atoms with van der Waals surface area (Å²) >= 11 is 0. The van der Waals surface area contributed by atoms with Gasteiger partial charge in [0.05, 0.1) is 0 Å². The molecule has 0 saturated carbocycles. The molecule has 1 fully saturated rings. The van der Waals surface area contributed by atoms with Gasteiger partial charge in [-0.05, 0) is 56.4 Å². The second-order valence-electron chi connectivity index (χ2n) is 7.03. The van der Waals surface area contributed by atoms with Gasteiger partial charge in [-0.3, -0.25) is 4.79 Å². The van der Waals surface area contributed by atoms with E-state index >= 15 is 0 Å². The van der Waals surface area contributed by atoms with E-state index in [1.54, 1.807) is 0 Å². The third-order valence-electron chi connectivity index (χ3n) is 5.14. The molecule has 2 heterocycles. The molecule has 2 aromatic rings.